The molecule has 78 valence electrons. The molecular formula is C8H17KNO4+. The Morgan fingerprint density at radius 1 is 0.929 bits per heavy atom. The van der Waals surface area contributed by atoms with Crippen LogP contribution in [0.3, 0.4) is 0 Å². The minimum atomic E-state index is -1.26. The first kappa shape index (κ1) is 19.8. The third-order valence-corrected chi connectivity index (χ3v) is 0.368. The van der Waals surface area contributed by atoms with Crippen LogP contribution in [0.2, 0.25) is 0 Å². The molecule has 0 spiro atoms. The first-order valence-corrected chi connectivity index (χ1v) is 3.55. The molecule has 0 rings (SSSR count). The Bertz CT molecular complexity index is 186. The van der Waals surface area contributed by atoms with Gasteiger partial charge in [0.05, 0.1) is 28.2 Å². The van der Waals surface area contributed by atoms with Crippen LogP contribution in [0.25, 0.3) is 0 Å². The molecule has 0 aromatic heterocycles. The standard InChI is InChI=1S/C4H12N.C4H4O4.K.H/c1-5(2,3)4;5-3(6)1-2-4(7)8;;/h1-4H3;1-2H,(H,5,6)(H,7,8);;/q+1;;;/b;2-1+;;. The van der Waals surface area contributed by atoms with Crippen molar-refractivity contribution in [2.24, 2.45) is 0 Å². The number of aliphatic carboxylic acids is 2. The molecule has 0 aromatic carbocycles. The monoisotopic (exact) mass is 230 g/mol. The summed E-state index contributed by atoms with van der Waals surface area (Å²) in [5.41, 5.74) is 0. The molecule has 5 nitrogen and oxygen atoms in total. The van der Waals surface area contributed by atoms with Gasteiger partial charge in [0, 0.05) is 12.2 Å². The van der Waals surface area contributed by atoms with Crippen molar-refractivity contribution in [1.82, 2.24) is 0 Å². The molecule has 0 saturated carbocycles. The van der Waals surface area contributed by atoms with E-state index in [2.05, 4.69) is 28.2 Å². The van der Waals surface area contributed by atoms with Crippen LogP contribution in [0.5, 0.6) is 0 Å². The van der Waals surface area contributed by atoms with Crippen LogP contribution in [0.15, 0.2) is 12.2 Å². The van der Waals surface area contributed by atoms with Gasteiger partial charge in [-0.05, 0) is 0 Å². The minimum absolute atomic E-state index is 0. The summed E-state index contributed by atoms with van der Waals surface area (Å²) in [6, 6.07) is 0. The van der Waals surface area contributed by atoms with Crippen LogP contribution in [-0.4, -0.2) is 106 Å². The molecule has 0 fully saturated rings. The van der Waals surface area contributed by atoms with Crippen molar-refractivity contribution in [3.8, 4) is 0 Å². The molecule has 0 aliphatic heterocycles. The average Bonchev–Trinajstić information content (AvgIpc) is 1.79. The van der Waals surface area contributed by atoms with E-state index in [9.17, 15) is 9.59 Å². The quantitative estimate of drug-likeness (QED) is 0.377. The van der Waals surface area contributed by atoms with Gasteiger partial charge in [-0.25, -0.2) is 9.59 Å². The SMILES string of the molecule is C[N+](C)(C)C.O=C(O)/C=C/C(=O)O.[KH]. The molecule has 0 aliphatic rings. The fraction of sp³-hybridized carbons (Fsp3) is 0.500. The van der Waals surface area contributed by atoms with Crippen LogP contribution in [0, 0.1) is 0 Å². The van der Waals surface area contributed by atoms with E-state index in [0.29, 0.717) is 12.2 Å². The molecule has 0 radical (unpaired) electrons. The van der Waals surface area contributed by atoms with E-state index in [1.807, 2.05) is 0 Å². The van der Waals surface area contributed by atoms with Crippen molar-refractivity contribution in [3.63, 3.8) is 0 Å². The second kappa shape index (κ2) is 9.82. The summed E-state index contributed by atoms with van der Waals surface area (Å²) < 4.78 is 1.00. The molecule has 6 heteroatoms. The van der Waals surface area contributed by atoms with Gasteiger partial charge in [0.15, 0.2) is 0 Å². The van der Waals surface area contributed by atoms with Gasteiger partial charge in [0.2, 0.25) is 0 Å². The van der Waals surface area contributed by atoms with Gasteiger partial charge < -0.3 is 14.7 Å². The fourth-order valence-corrected chi connectivity index (χ4v) is 0.143. The van der Waals surface area contributed by atoms with Crippen LogP contribution >= 0.6 is 0 Å². The van der Waals surface area contributed by atoms with Gasteiger partial charge in [-0.1, -0.05) is 0 Å². The summed E-state index contributed by atoms with van der Waals surface area (Å²) in [7, 11) is 8.50. The molecule has 0 saturated heterocycles. The maximum absolute atomic E-state index is 9.55. The summed E-state index contributed by atoms with van der Waals surface area (Å²) in [4.78, 5) is 19.1. The van der Waals surface area contributed by atoms with Gasteiger partial charge in [0.1, 0.15) is 0 Å². The molecule has 14 heavy (non-hydrogen) atoms. The number of nitrogens with zero attached hydrogens (tertiary/aromatic N) is 1. The Labute approximate surface area is 126 Å². The van der Waals surface area contributed by atoms with E-state index in [-0.39, 0.29) is 51.4 Å². The summed E-state index contributed by atoms with van der Waals surface area (Å²) >= 11 is 0. The molecule has 0 atom stereocenters. The third kappa shape index (κ3) is 56.1. The number of carboxylic acid groups (broad SMARTS) is 2. The van der Waals surface area contributed by atoms with E-state index < -0.39 is 11.9 Å². The summed E-state index contributed by atoms with van der Waals surface area (Å²) in [5.74, 6) is -2.51. The normalized spacial score (nSPS) is 9.71. The van der Waals surface area contributed by atoms with Crippen molar-refractivity contribution in [2.75, 3.05) is 28.2 Å². The number of quaternary nitrogens is 1. The zero-order valence-corrected chi connectivity index (χ0v) is 8.31. The Hall–Kier alpha value is 0.276. The van der Waals surface area contributed by atoms with Gasteiger partial charge >= 0.3 is 63.3 Å². The van der Waals surface area contributed by atoms with E-state index >= 15 is 0 Å². The Morgan fingerprint density at radius 2 is 1.07 bits per heavy atom. The molecular weight excluding hydrogens is 213 g/mol. The van der Waals surface area contributed by atoms with Crippen molar-refractivity contribution < 1.29 is 24.3 Å². The summed E-state index contributed by atoms with van der Waals surface area (Å²) in [6.07, 6.45) is 1.12. The fourth-order valence-electron chi connectivity index (χ4n) is 0.143. The van der Waals surface area contributed by atoms with Crippen molar-refractivity contribution >= 4 is 63.3 Å². The average molecular weight is 230 g/mol. The van der Waals surface area contributed by atoms with Crippen molar-refractivity contribution in [3.05, 3.63) is 12.2 Å². The number of carboxylic acids is 2. The van der Waals surface area contributed by atoms with E-state index in [0.717, 1.165) is 4.48 Å². The molecule has 0 aliphatic carbocycles. The molecule has 0 aromatic rings. The molecule has 0 amide bonds. The third-order valence-electron chi connectivity index (χ3n) is 0.368. The molecule has 0 bridgehead atoms. The van der Waals surface area contributed by atoms with Crippen molar-refractivity contribution in [2.45, 2.75) is 0 Å². The van der Waals surface area contributed by atoms with Crippen LogP contribution in [0.4, 0.5) is 0 Å². The van der Waals surface area contributed by atoms with E-state index in [1.54, 1.807) is 0 Å². The number of hydrogen-bond acceptors (Lipinski definition) is 2. The van der Waals surface area contributed by atoms with Crippen LogP contribution in [0.1, 0.15) is 0 Å². The summed E-state index contributed by atoms with van der Waals surface area (Å²) in [6.45, 7) is 0. The number of carbonyl (C=O) groups is 2. The Balaban J connectivity index is -0.000000177. The Morgan fingerprint density at radius 3 is 1.14 bits per heavy atom. The zero-order chi connectivity index (χ0) is 11.1. The molecule has 0 heterocycles. The van der Waals surface area contributed by atoms with E-state index in [4.69, 9.17) is 10.2 Å². The van der Waals surface area contributed by atoms with Crippen LogP contribution in [-0.2, 0) is 9.59 Å². The van der Waals surface area contributed by atoms with Gasteiger partial charge in [-0.2, -0.15) is 0 Å². The zero-order valence-electron chi connectivity index (χ0n) is 8.31. The molecule has 2 N–H and O–H groups in total. The van der Waals surface area contributed by atoms with Gasteiger partial charge in [0.25, 0.3) is 0 Å². The Kier molecular flexibility index (Phi) is 13.9. The topological polar surface area (TPSA) is 74.6 Å². The molecule has 0 unspecified atom stereocenters. The first-order valence-electron chi connectivity index (χ1n) is 3.55. The second-order valence-electron chi connectivity index (χ2n) is 3.69. The predicted molar refractivity (Wildman–Crippen MR) is 55.5 cm³/mol. The van der Waals surface area contributed by atoms with Crippen molar-refractivity contribution in [1.29, 1.82) is 0 Å². The van der Waals surface area contributed by atoms with Gasteiger partial charge in [-0.15, -0.1) is 0 Å². The first-order chi connectivity index (χ1) is 5.63. The maximum atomic E-state index is 9.55. The van der Waals surface area contributed by atoms with E-state index in [1.165, 1.54) is 0 Å². The number of rotatable bonds is 2. The van der Waals surface area contributed by atoms with Gasteiger partial charge in [-0.3, -0.25) is 0 Å². The predicted octanol–water partition coefficient (Wildman–Crippen LogP) is -0.614. The number of hydrogen-bond donors (Lipinski definition) is 2. The van der Waals surface area contributed by atoms with Crippen LogP contribution < -0.4 is 0 Å². The second-order valence-corrected chi connectivity index (χ2v) is 3.69. The summed E-state index contributed by atoms with van der Waals surface area (Å²) in [5, 5.41) is 15.6.